The smallest absolute Gasteiger partial charge is 0.120 e. The van der Waals surface area contributed by atoms with Crippen LogP contribution in [-0.2, 0) is 0 Å². The zero-order chi connectivity index (χ0) is 13.4. The van der Waals surface area contributed by atoms with Crippen LogP contribution in [0.1, 0.15) is 39.7 Å². The van der Waals surface area contributed by atoms with Gasteiger partial charge in [0, 0.05) is 15.7 Å². The molecule has 0 radical (unpaired) electrons. The van der Waals surface area contributed by atoms with Gasteiger partial charge in [-0.15, -0.1) is 0 Å². The molecular weight excluding hydrogens is 290 g/mol. The molecule has 0 amide bonds. The summed E-state index contributed by atoms with van der Waals surface area (Å²) in [6.45, 7) is 8.17. The highest BCUT2D eigenvalue weighted by Gasteiger charge is 2.19. The fourth-order valence-corrected chi connectivity index (χ4v) is 2.66. The molecule has 0 saturated carbocycles. The molecule has 3 heteroatoms. The van der Waals surface area contributed by atoms with E-state index >= 15 is 0 Å². The van der Waals surface area contributed by atoms with E-state index in [0.29, 0.717) is 0 Å². The molecule has 0 aliphatic carbocycles. The molecule has 0 bridgehead atoms. The van der Waals surface area contributed by atoms with E-state index in [9.17, 15) is 5.11 Å². The van der Waals surface area contributed by atoms with Crippen molar-refractivity contribution >= 4 is 15.9 Å². The highest BCUT2D eigenvalue weighted by Crippen LogP contribution is 2.33. The average molecular weight is 308 g/mol. The molecule has 0 spiro atoms. The van der Waals surface area contributed by atoms with Crippen LogP contribution in [-0.4, -0.2) is 10.1 Å². The molecule has 1 aromatic heterocycles. The van der Waals surface area contributed by atoms with Gasteiger partial charge in [0.05, 0.1) is 5.69 Å². The maximum absolute atomic E-state index is 10.6. The third kappa shape index (κ3) is 2.13. The van der Waals surface area contributed by atoms with Gasteiger partial charge in [-0.1, -0.05) is 34.1 Å². The van der Waals surface area contributed by atoms with E-state index < -0.39 is 6.10 Å². The van der Waals surface area contributed by atoms with Gasteiger partial charge in [-0.05, 0) is 44.4 Å². The average Bonchev–Trinajstić information content (AvgIpc) is 2.60. The van der Waals surface area contributed by atoms with Crippen LogP contribution < -0.4 is 0 Å². The van der Waals surface area contributed by atoms with Crippen molar-refractivity contribution in [2.24, 2.45) is 0 Å². The zero-order valence-corrected chi connectivity index (χ0v) is 12.7. The number of aliphatic hydroxyl groups is 1. The van der Waals surface area contributed by atoms with Crippen LogP contribution in [0.5, 0.6) is 0 Å². The Morgan fingerprint density at radius 3 is 2.33 bits per heavy atom. The second kappa shape index (κ2) is 4.90. The van der Waals surface area contributed by atoms with Crippen molar-refractivity contribution in [2.75, 3.05) is 0 Å². The molecule has 96 valence electrons. The van der Waals surface area contributed by atoms with E-state index in [2.05, 4.69) is 27.8 Å². The van der Waals surface area contributed by atoms with E-state index in [4.69, 9.17) is 0 Å². The Morgan fingerprint density at radius 2 is 1.78 bits per heavy atom. The molecule has 1 atom stereocenters. The number of hydrogen-bond donors (Lipinski definition) is 2. The summed E-state index contributed by atoms with van der Waals surface area (Å²) in [7, 11) is 0. The lowest BCUT2D eigenvalue weighted by atomic mass is 10.0. The number of halogens is 1. The standard InChI is InChI=1S/C15H18BrNO/c1-8-6-5-7-12(13(8)16)15(18)14-10(3)9(2)11(4)17-14/h5-7,15,17-18H,1-4H3. The molecule has 1 aromatic carbocycles. The van der Waals surface area contributed by atoms with Crippen LogP contribution >= 0.6 is 15.9 Å². The SMILES string of the molecule is Cc1cccc(C(O)c2[nH]c(C)c(C)c2C)c1Br. The van der Waals surface area contributed by atoms with Gasteiger partial charge < -0.3 is 10.1 Å². The summed E-state index contributed by atoms with van der Waals surface area (Å²) in [6, 6.07) is 5.95. The second-order valence-electron chi connectivity index (χ2n) is 4.79. The molecule has 0 saturated heterocycles. The van der Waals surface area contributed by atoms with Crippen molar-refractivity contribution in [3.63, 3.8) is 0 Å². The van der Waals surface area contributed by atoms with Gasteiger partial charge in [-0.2, -0.15) is 0 Å². The summed E-state index contributed by atoms with van der Waals surface area (Å²) < 4.78 is 0.974. The number of rotatable bonds is 2. The van der Waals surface area contributed by atoms with Crippen LogP contribution in [0.15, 0.2) is 22.7 Å². The number of aromatic nitrogens is 1. The van der Waals surface area contributed by atoms with Crippen molar-refractivity contribution in [1.82, 2.24) is 4.98 Å². The van der Waals surface area contributed by atoms with Crippen molar-refractivity contribution < 1.29 is 5.11 Å². The molecule has 2 aromatic rings. The van der Waals surface area contributed by atoms with E-state index in [0.717, 1.165) is 32.6 Å². The minimum atomic E-state index is -0.619. The predicted molar refractivity (Wildman–Crippen MR) is 77.9 cm³/mol. The van der Waals surface area contributed by atoms with E-state index in [-0.39, 0.29) is 0 Å². The summed E-state index contributed by atoms with van der Waals surface area (Å²) in [5.41, 5.74) is 6.38. The van der Waals surface area contributed by atoms with Gasteiger partial charge in [0.2, 0.25) is 0 Å². The lowest BCUT2D eigenvalue weighted by Gasteiger charge is -2.14. The molecule has 1 unspecified atom stereocenters. The molecular formula is C15H18BrNO. The van der Waals surface area contributed by atoms with Gasteiger partial charge in [-0.3, -0.25) is 0 Å². The van der Waals surface area contributed by atoms with Crippen LogP contribution in [0, 0.1) is 27.7 Å². The second-order valence-corrected chi connectivity index (χ2v) is 5.59. The number of benzene rings is 1. The summed E-state index contributed by atoms with van der Waals surface area (Å²) in [5.74, 6) is 0. The van der Waals surface area contributed by atoms with Crippen LogP contribution in [0.4, 0.5) is 0 Å². The Kier molecular flexibility index (Phi) is 3.64. The van der Waals surface area contributed by atoms with Crippen LogP contribution in [0.25, 0.3) is 0 Å². The maximum Gasteiger partial charge on any atom is 0.120 e. The van der Waals surface area contributed by atoms with Gasteiger partial charge in [-0.25, -0.2) is 0 Å². The fourth-order valence-electron chi connectivity index (χ4n) is 2.18. The molecule has 2 rings (SSSR count). The van der Waals surface area contributed by atoms with E-state index in [1.54, 1.807) is 0 Å². The molecule has 0 fully saturated rings. The number of H-pyrrole nitrogens is 1. The Bertz CT molecular complexity index is 586. The Hall–Kier alpha value is -1.06. The Labute approximate surface area is 116 Å². The first-order chi connectivity index (χ1) is 8.43. The Morgan fingerprint density at radius 1 is 1.11 bits per heavy atom. The van der Waals surface area contributed by atoms with E-state index in [1.165, 1.54) is 5.56 Å². The zero-order valence-electron chi connectivity index (χ0n) is 11.1. The van der Waals surface area contributed by atoms with Crippen LogP contribution in [0.3, 0.4) is 0 Å². The number of aryl methyl sites for hydroxylation is 2. The lowest BCUT2D eigenvalue weighted by molar-refractivity contribution is 0.214. The third-order valence-electron chi connectivity index (χ3n) is 3.64. The van der Waals surface area contributed by atoms with Crippen molar-refractivity contribution in [3.8, 4) is 0 Å². The molecule has 0 aliphatic rings. The molecule has 2 N–H and O–H groups in total. The van der Waals surface area contributed by atoms with Gasteiger partial charge in [0.25, 0.3) is 0 Å². The lowest BCUT2D eigenvalue weighted by Crippen LogP contribution is -2.03. The van der Waals surface area contributed by atoms with Crippen molar-refractivity contribution in [1.29, 1.82) is 0 Å². The van der Waals surface area contributed by atoms with Crippen molar-refractivity contribution in [3.05, 3.63) is 56.3 Å². The molecule has 1 heterocycles. The highest BCUT2D eigenvalue weighted by molar-refractivity contribution is 9.10. The minimum Gasteiger partial charge on any atom is -0.382 e. The summed E-state index contributed by atoms with van der Waals surface area (Å²) in [5, 5.41) is 10.6. The molecule has 2 nitrogen and oxygen atoms in total. The number of aromatic amines is 1. The van der Waals surface area contributed by atoms with E-state index in [1.807, 2.05) is 39.0 Å². The largest absolute Gasteiger partial charge is 0.382 e. The number of nitrogens with one attached hydrogen (secondary N) is 1. The van der Waals surface area contributed by atoms with Gasteiger partial charge in [0.1, 0.15) is 6.10 Å². The number of hydrogen-bond acceptors (Lipinski definition) is 1. The maximum atomic E-state index is 10.6. The quantitative estimate of drug-likeness (QED) is 0.861. The number of aliphatic hydroxyl groups excluding tert-OH is 1. The third-order valence-corrected chi connectivity index (χ3v) is 4.72. The van der Waals surface area contributed by atoms with Gasteiger partial charge >= 0.3 is 0 Å². The monoisotopic (exact) mass is 307 g/mol. The summed E-state index contributed by atoms with van der Waals surface area (Å²) in [6.07, 6.45) is -0.619. The fraction of sp³-hybridized carbons (Fsp3) is 0.333. The first-order valence-electron chi connectivity index (χ1n) is 6.02. The van der Waals surface area contributed by atoms with Crippen LogP contribution in [0.2, 0.25) is 0 Å². The summed E-state index contributed by atoms with van der Waals surface area (Å²) >= 11 is 3.55. The normalized spacial score (nSPS) is 12.8. The first-order valence-corrected chi connectivity index (χ1v) is 6.81. The molecule has 0 aliphatic heterocycles. The first kappa shape index (κ1) is 13.4. The Balaban J connectivity index is 2.51. The minimum absolute atomic E-state index is 0.619. The summed E-state index contributed by atoms with van der Waals surface area (Å²) in [4.78, 5) is 3.29. The predicted octanol–water partition coefficient (Wildman–Crippen LogP) is 4.09. The van der Waals surface area contributed by atoms with Gasteiger partial charge in [0.15, 0.2) is 0 Å². The highest BCUT2D eigenvalue weighted by atomic mass is 79.9. The van der Waals surface area contributed by atoms with Crippen molar-refractivity contribution in [2.45, 2.75) is 33.8 Å². The topological polar surface area (TPSA) is 36.0 Å². The molecule has 18 heavy (non-hydrogen) atoms.